The van der Waals surface area contributed by atoms with Gasteiger partial charge in [0.1, 0.15) is 0 Å². The van der Waals surface area contributed by atoms with Gasteiger partial charge >= 0.3 is 0 Å². The summed E-state index contributed by atoms with van der Waals surface area (Å²) >= 11 is 1.87. The molecule has 0 atom stereocenters. The number of aromatic nitrogens is 2. The lowest BCUT2D eigenvalue weighted by Crippen LogP contribution is -1.99. The normalized spacial score (nSPS) is 11.9. The highest BCUT2D eigenvalue weighted by atomic mass is 32.1. The molecule has 3 heteroatoms. The van der Waals surface area contributed by atoms with Crippen LogP contribution in [0.15, 0.2) is 182 Å². The van der Waals surface area contributed by atoms with Crippen molar-refractivity contribution in [1.29, 1.82) is 0 Å². The minimum absolute atomic E-state index is 1.15. The Bertz CT molecular complexity index is 3140. The van der Waals surface area contributed by atoms with Crippen molar-refractivity contribution in [3.8, 4) is 33.6 Å². The number of benzene rings is 8. The van der Waals surface area contributed by atoms with Gasteiger partial charge in [0.25, 0.3) is 0 Å². The zero-order valence-corrected chi connectivity index (χ0v) is 28.4. The molecule has 0 saturated carbocycles. The first-order valence-electron chi connectivity index (χ1n) is 17.4. The number of nitrogens with zero attached hydrogens (tertiary/aromatic N) is 2. The second kappa shape index (κ2) is 11.0. The summed E-state index contributed by atoms with van der Waals surface area (Å²) in [6.07, 6.45) is 0. The Balaban J connectivity index is 1.21. The number of hydrogen-bond acceptors (Lipinski definition) is 1. The van der Waals surface area contributed by atoms with E-state index in [1.54, 1.807) is 0 Å². The van der Waals surface area contributed by atoms with E-state index in [1.165, 1.54) is 91.7 Å². The van der Waals surface area contributed by atoms with Crippen LogP contribution in [0.4, 0.5) is 0 Å². The van der Waals surface area contributed by atoms with Gasteiger partial charge in [0.2, 0.25) is 0 Å². The van der Waals surface area contributed by atoms with Crippen LogP contribution >= 0.6 is 11.3 Å². The van der Waals surface area contributed by atoms with Crippen LogP contribution in [-0.4, -0.2) is 9.13 Å². The van der Waals surface area contributed by atoms with E-state index in [1.807, 2.05) is 11.3 Å². The molecule has 0 aliphatic rings. The number of thiophene rings is 1. The molecule has 3 heterocycles. The Kier molecular flexibility index (Phi) is 6.16. The average molecular weight is 667 g/mol. The van der Waals surface area contributed by atoms with Crippen molar-refractivity contribution in [3.63, 3.8) is 0 Å². The summed E-state index contributed by atoms with van der Waals surface area (Å²) < 4.78 is 7.62. The Labute approximate surface area is 298 Å². The minimum atomic E-state index is 1.15. The van der Waals surface area contributed by atoms with Crippen molar-refractivity contribution in [2.75, 3.05) is 0 Å². The third-order valence-electron chi connectivity index (χ3n) is 10.5. The van der Waals surface area contributed by atoms with Crippen LogP contribution in [0.3, 0.4) is 0 Å². The van der Waals surface area contributed by atoms with Crippen molar-refractivity contribution in [1.82, 2.24) is 9.13 Å². The lowest BCUT2D eigenvalue weighted by molar-refractivity contribution is 1.15. The lowest BCUT2D eigenvalue weighted by Gasteiger charge is -2.14. The molecule has 0 aliphatic heterocycles. The van der Waals surface area contributed by atoms with Crippen LogP contribution in [0.1, 0.15) is 0 Å². The van der Waals surface area contributed by atoms with Crippen LogP contribution in [0.5, 0.6) is 0 Å². The van der Waals surface area contributed by atoms with Gasteiger partial charge in [-0.05, 0) is 70.8 Å². The molecule has 0 amide bonds. The molecule has 0 radical (unpaired) electrons. The van der Waals surface area contributed by atoms with E-state index in [0.717, 1.165) is 5.69 Å². The van der Waals surface area contributed by atoms with Gasteiger partial charge in [-0.25, -0.2) is 0 Å². The first-order chi connectivity index (χ1) is 25.3. The van der Waals surface area contributed by atoms with Gasteiger partial charge in [-0.2, -0.15) is 0 Å². The Morgan fingerprint density at radius 2 is 0.784 bits per heavy atom. The first-order valence-corrected chi connectivity index (χ1v) is 18.3. The Morgan fingerprint density at radius 1 is 0.294 bits per heavy atom. The maximum atomic E-state index is 2.50. The van der Waals surface area contributed by atoms with Gasteiger partial charge in [0.15, 0.2) is 0 Å². The predicted molar refractivity (Wildman–Crippen MR) is 219 cm³/mol. The molecule has 51 heavy (non-hydrogen) atoms. The molecule has 238 valence electrons. The zero-order valence-electron chi connectivity index (χ0n) is 27.6. The average Bonchev–Trinajstić information content (AvgIpc) is 3.86. The fraction of sp³-hybridized carbons (Fsp3) is 0. The van der Waals surface area contributed by atoms with Gasteiger partial charge < -0.3 is 9.13 Å². The SMILES string of the molecule is c1ccc(-c2cccc(-c3cccc(-n4c5ccccc5c5ccc6c7ccccc7n(-c7ccc8c(c7)sc7ccccc78)c6c54)c3)c2)cc1. The summed E-state index contributed by atoms with van der Waals surface area (Å²) in [6, 6.07) is 66.7. The highest BCUT2D eigenvalue weighted by Gasteiger charge is 2.21. The molecule has 0 bridgehead atoms. The number of fused-ring (bicyclic) bond motifs is 10. The highest BCUT2D eigenvalue weighted by Crippen LogP contribution is 2.43. The molecule has 11 rings (SSSR count). The van der Waals surface area contributed by atoms with Crippen LogP contribution in [0, 0.1) is 0 Å². The summed E-state index contributed by atoms with van der Waals surface area (Å²) in [5.41, 5.74) is 12.0. The van der Waals surface area contributed by atoms with E-state index in [4.69, 9.17) is 0 Å². The van der Waals surface area contributed by atoms with E-state index < -0.39 is 0 Å². The molecule has 11 aromatic rings. The molecule has 0 spiro atoms. The smallest absolute Gasteiger partial charge is 0.0788 e. The van der Waals surface area contributed by atoms with E-state index >= 15 is 0 Å². The molecular formula is C48H30N2S. The predicted octanol–water partition coefficient (Wildman–Crippen LogP) is 13.6. The lowest BCUT2D eigenvalue weighted by atomic mass is 9.99. The molecule has 0 aliphatic carbocycles. The summed E-state index contributed by atoms with van der Waals surface area (Å²) in [4.78, 5) is 0. The fourth-order valence-corrected chi connectivity index (χ4v) is 9.36. The third kappa shape index (κ3) is 4.29. The highest BCUT2D eigenvalue weighted by molar-refractivity contribution is 7.25. The van der Waals surface area contributed by atoms with E-state index in [2.05, 4.69) is 191 Å². The summed E-state index contributed by atoms with van der Waals surface area (Å²) in [5.74, 6) is 0. The summed E-state index contributed by atoms with van der Waals surface area (Å²) in [7, 11) is 0. The van der Waals surface area contributed by atoms with Gasteiger partial charge in [0.05, 0.1) is 22.1 Å². The zero-order chi connectivity index (χ0) is 33.5. The molecule has 3 aromatic heterocycles. The summed E-state index contributed by atoms with van der Waals surface area (Å²) in [6.45, 7) is 0. The van der Waals surface area contributed by atoms with Crippen molar-refractivity contribution >= 4 is 75.1 Å². The fourth-order valence-electron chi connectivity index (χ4n) is 8.22. The number of hydrogen-bond donors (Lipinski definition) is 0. The van der Waals surface area contributed by atoms with Crippen molar-refractivity contribution in [2.24, 2.45) is 0 Å². The van der Waals surface area contributed by atoms with Crippen molar-refractivity contribution < 1.29 is 0 Å². The monoisotopic (exact) mass is 666 g/mol. The molecule has 8 aromatic carbocycles. The van der Waals surface area contributed by atoms with Crippen molar-refractivity contribution in [3.05, 3.63) is 182 Å². The second-order valence-electron chi connectivity index (χ2n) is 13.3. The molecule has 0 saturated heterocycles. The van der Waals surface area contributed by atoms with E-state index in [-0.39, 0.29) is 0 Å². The molecule has 0 N–H and O–H groups in total. The van der Waals surface area contributed by atoms with Gasteiger partial charge in [-0.1, -0.05) is 133 Å². The minimum Gasteiger partial charge on any atom is -0.307 e. The van der Waals surface area contributed by atoms with Crippen LogP contribution < -0.4 is 0 Å². The van der Waals surface area contributed by atoms with Crippen LogP contribution in [0.25, 0.3) is 97.4 Å². The maximum Gasteiger partial charge on any atom is 0.0788 e. The number of para-hydroxylation sites is 2. The maximum absolute atomic E-state index is 2.50. The Morgan fingerprint density at radius 3 is 1.49 bits per heavy atom. The van der Waals surface area contributed by atoms with E-state index in [0.29, 0.717) is 0 Å². The van der Waals surface area contributed by atoms with Gasteiger partial charge in [-0.15, -0.1) is 11.3 Å². The largest absolute Gasteiger partial charge is 0.307 e. The topological polar surface area (TPSA) is 9.86 Å². The third-order valence-corrected chi connectivity index (χ3v) is 11.6. The first kappa shape index (κ1) is 28.4. The van der Waals surface area contributed by atoms with Crippen LogP contribution in [0.2, 0.25) is 0 Å². The quantitative estimate of drug-likeness (QED) is 0.177. The molecular weight excluding hydrogens is 637 g/mol. The molecule has 0 fully saturated rings. The molecule has 2 nitrogen and oxygen atoms in total. The standard InChI is InChI=1S/C48H30N2S/c1-2-12-31(13-3-1)32-14-10-15-33(28-32)34-16-11-17-35(29-34)49-43-21-7-4-18-37(43)41-26-27-42-38-19-5-8-22-44(38)50(48(42)47(41)49)36-24-25-40-39-20-6-9-23-45(39)51-46(40)30-36/h1-30H. The molecule has 0 unspecified atom stereocenters. The van der Waals surface area contributed by atoms with Crippen LogP contribution in [-0.2, 0) is 0 Å². The second-order valence-corrected chi connectivity index (χ2v) is 14.4. The van der Waals surface area contributed by atoms with Gasteiger partial charge in [0, 0.05) is 53.1 Å². The summed E-state index contributed by atoms with van der Waals surface area (Å²) in [5, 5.41) is 7.65. The van der Waals surface area contributed by atoms with Gasteiger partial charge in [-0.3, -0.25) is 0 Å². The van der Waals surface area contributed by atoms with E-state index in [9.17, 15) is 0 Å². The van der Waals surface area contributed by atoms with Crippen molar-refractivity contribution in [2.45, 2.75) is 0 Å². The Hall–Kier alpha value is -6.42. The number of rotatable bonds is 4.